The molecule has 0 aliphatic carbocycles. The average Bonchev–Trinajstić information content (AvgIpc) is 2.52. The number of aliphatic carboxylic acids is 1. The van der Waals surface area contributed by atoms with E-state index < -0.39 is 18.0 Å². The monoisotopic (exact) mass is 291 g/mol. The van der Waals surface area contributed by atoms with Crippen molar-refractivity contribution >= 4 is 11.9 Å². The second-order valence-electron chi connectivity index (χ2n) is 3.34. The Morgan fingerprint density at radius 3 is 1.95 bits per heavy atom. The Labute approximate surface area is 123 Å². The minimum Gasteiger partial charge on any atom is -0.481 e. The van der Waals surface area contributed by atoms with Gasteiger partial charge in [-0.15, -0.1) is 12.8 Å². The molecular formula is C14H17N3O4. The van der Waals surface area contributed by atoms with Crippen LogP contribution in [0, 0.1) is 12.8 Å². The summed E-state index contributed by atoms with van der Waals surface area (Å²) in [5, 5.41) is 11.1. The average molecular weight is 291 g/mol. The van der Waals surface area contributed by atoms with Crippen molar-refractivity contribution in [1.82, 2.24) is 0 Å². The van der Waals surface area contributed by atoms with Gasteiger partial charge in [-0.05, 0) is 17.1 Å². The summed E-state index contributed by atoms with van der Waals surface area (Å²) in [4.78, 5) is 23.3. The molecule has 1 atom stereocenters. The van der Waals surface area contributed by atoms with Crippen LogP contribution in [-0.4, -0.2) is 30.2 Å². The Hall–Kier alpha value is -2.81. The minimum absolute atomic E-state index is 0.00366. The molecule has 1 amide bonds. The van der Waals surface area contributed by atoms with E-state index >= 15 is 0 Å². The number of carboxylic acid groups (broad SMARTS) is 1. The molecular weight excluding hydrogens is 274 g/mol. The molecule has 0 saturated heterocycles. The summed E-state index contributed by atoms with van der Waals surface area (Å²) in [6.07, 6.45) is 6.83. The van der Waals surface area contributed by atoms with Gasteiger partial charge in [0.05, 0.1) is 0 Å². The first-order valence-electron chi connectivity index (χ1n) is 5.78. The third-order valence-corrected chi connectivity index (χ3v) is 1.99. The van der Waals surface area contributed by atoms with Crippen molar-refractivity contribution in [3.63, 3.8) is 0 Å². The van der Waals surface area contributed by atoms with Gasteiger partial charge in [-0.2, -0.15) is 0 Å². The number of ether oxygens (including phenoxy) is 1. The van der Waals surface area contributed by atoms with Crippen LogP contribution in [0.2, 0.25) is 0 Å². The molecule has 0 radical (unpaired) electrons. The number of rotatable bonds is 5. The maximum atomic E-state index is 10.8. The van der Waals surface area contributed by atoms with Crippen LogP contribution in [0.3, 0.4) is 0 Å². The van der Waals surface area contributed by atoms with Gasteiger partial charge in [0.1, 0.15) is 6.10 Å². The summed E-state index contributed by atoms with van der Waals surface area (Å²) in [5.74, 6) is -1.83. The van der Waals surface area contributed by atoms with E-state index in [1.165, 1.54) is 7.11 Å². The van der Waals surface area contributed by atoms with Crippen LogP contribution in [0.25, 0.3) is 10.4 Å². The molecule has 1 aromatic carbocycles. The lowest BCUT2D eigenvalue weighted by Gasteiger charge is -2.08. The van der Waals surface area contributed by atoms with Gasteiger partial charge in [-0.3, -0.25) is 9.59 Å². The molecule has 7 nitrogen and oxygen atoms in total. The molecule has 0 saturated carbocycles. The topological polar surface area (TPSA) is 112 Å². The minimum atomic E-state index is -1.03. The number of benzene rings is 1. The molecule has 0 bridgehead atoms. The highest BCUT2D eigenvalue weighted by molar-refractivity contribution is 5.82. The predicted molar refractivity (Wildman–Crippen MR) is 78.2 cm³/mol. The van der Waals surface area contributed by atoms with Crippen molar-refractivity contribution in [3.05, 3.63) is 46.8 Å². The molecule has 0 heterocycles. The molecule has 1 rings (SSSR count). The molecule has 21 heavy (non-hydrogen) atoms. The smallest absolute Gasteiger partial charge is 0.303 e. The molecule has 112 valence electrons. The van der Waals surface area contributed by atoms with Crippen LogP contribution >= 0.6 is 0 Å². The molecule has 1 unspecified atom stereocenters. The highest BCUT2D eigenvalue weighted by Gasteiger charge is 2.16. The van der Waals surface area contributed by atoms with E-state index in [4.69, 9.17) is 10.6 Å². The largest absolute Gasteiger partial charge is 0.481 e. The van der Waals surface area contributed by atoms with Crippen LogP contribution in [0.1, 0.15) is 12.8 Å². The van der Waals surface area contributed by atoms with Gasteiger partial charge in [0, 0.05) is 18.4 Å². The van der Waals surface area contributed by atoms with Crippen molar-refractivity contribution in [2.24, 2.45) is 5.11 Å². The number of nitrogens with zero attached hydrogens (tertiary/aromatic N) is 3. The molecule has 0 aliphatic heterocycles. The second kappa shape index (κ2) is 15.2. The van der Waals surface area contributed by atoms with Crippen molar-refractivity contribution < 1.29 is 19.4 Å². The van der Waals surface area contributed by atoms with E-state index in [2.05, 4.69) is 27.6 Å². The van der Waals surface area contributed by atoms with E-state index in [-0.39, 0.29) is 12.8 Å². The summed E-state index contributed by atoms with van der Waals surface area (Å²) in [7, 11) is 1.25. The van der Waals surface area contributed by atoms with E-state index in [0.717, 1.165) is 0 Å². The fourth-order valence-corrected chi connectivity index (χ4v) is 1.09. The number of hydrogen-bond donors (Lipinski definition) is 1. The maximum absolute atomic E-state index is 10.8. The van der Waals surface area contributed by atoms with Gasteiger partial charge in [-0.1, -0.05) is 36.4 Å². The van der Waals surface area contributed by atoms with E-state index in [1.807, 2.05) is 36.4 Å². The zero-order valence-corrected chi connectivity index (χ0v) is 11.6. The SMILES string of the molecule is C#C.COC(CCC(=O)O)C(=O)N=[N+]=[N-].c1ccccc1. The summed E-state index contributed by atoms with van der Waals surface area (Å²) in [6.45, 7) is 0. The molecule has 0 aliphatic rings. The maximum Gasteiger partial charge on any atom is 0.303 e. The Bertz CT molecular complexity index is 441. The predicted octanol–water partition coefficient (Wildman–Crippen LogP) is 2.64. The highest BCUT2D eigenvalue weighted by atomic mass is 16.5. The molecule has 1 N–H and O–H groups in total. The van der Waals surface area contributed by atoms with Gasteiger partial charge in [-0.25, -0.2) is 0 Å². The zero-order chi connectivity index (χ0) is 16.5. The van der Waals surface area contributed by atoms with Crippen LogP contribution in [-0.2, 0) is 14.3 Å². The van der Waals surface area contributed by atoms with Crippen molar-refractivity contribution in [2.45, 2.75) is 18.9 Å². The number of methoxy groups -OCH3 is 1. The Morgan fingerprint density at radius 1 is 1.24 bits per heavy atom. The van der Waals surface area contributed by atoms with Crippen LogP contribution in [0.5, 0.6) is 0 Å². The third-order valence-electron chi connectivity index (χ3n) is 1.99. The standard InChI is InChI=1S/C6H9N3O4.C6H6.C2H2/c1-13-4(2-3-5(10)11)6(12)8-9-7;1-2-4-6-5-3-1;1-2/h4H,2-3H2,1H3,(H,10,11);1-6H;1-2H. The Balaban J connectivity index is 0. The molecule has 1 aromatic rings. The van der Waals surface area contributed by atoms with Gasteiger partial charge in [0.15, 0.2) is 0 Å². The molecule has 0 spiro atoms. The number of azide groups is 1. The third kappa shape index (κ3) is 13.4. The second-order valence-corrected chi connectivity index (χ2v) is 3.34. The summed E-state index contributed by atoms with van der Waals surface area (Å²) in [6, 6.07) is 12.0. The normalized spacial score (nSPS) is 9.48. The van der Waals surface area contributed by atoms with Gasteiger partial charge >= 0.3 is 5.97 Å². The number of amides is 1. The number of carbonyl (C=O) groups excluding carboxylic acids is 1. The summed E-state index contributed by atoms with van der Waals surface area (Å²) >= 11 is 0. The van der Waals surface area contributed by atoms with Crippen LogP contribution in [0.4, 0.5) is 0 Å². The fraction of sp³-hybridized carbons (Fsp3) is 0.286. The van der Waals surface area contributed by atoms with E-state index in [0.29, 0.717) is 0 Å². The quantitative estimate of drug-likeness (QED) is 0.389. The number of terminal acetylenes is 1. The van der Waals surface area contributed by atoms with Crippen LogP contribution < -0.4 is 0 Å². The molecule has 0 aromatic heterocycles. The van der Waals surface area contributed by atoms with Crippen molar-refractivity contribution in [1.29, 1.82) is 0 Å². The van der Waals surface area contributed by atoms with Crippen LogP contribution in [0.15, 0.2) is 41.5 Å². The number of hydrogen-bond acceptors (Lipinski definition) is 3. The Kier molecular flexibility index (Phi) is 14.9. The Morgan fingerprint density at radius 2 is 1.67 bits per heavy atom. The van der Waals surface area contributed by atoms with Crippen molar-refractivity contribution in [2.75, 3.05) is 7.11 Å². The molecule has 7 heteroatoms. The van der Waals surface area contributed by atoms with Gasteiger partial charge < -0.3 is 9.84 Å². The molecule has 0 fully saturated rings. The highest BCUT2D eigenvalue weighted by Crippen LogP contribution is 2.03. The van der Waals surface area contributed by atoms with E-state index in [1.54, 1.807) is 0 Å². The zero-order valence-electron chi connectivity index (χ0n) is 11.6. The van der Waals surface area contributed by atoms with E-state index in [9.17, 15) is 9.59 Å². The first-order valence-corrected chi connectivity index (χ1v) is 5.78. The first-order chi connectivity index (χ1) is 10.1. The number of carboxylic acids is 1. The lowest BCUT2D eigenvalue weighted by molar-refractivity contribution is -0.138. The fourth-order valence-electron chi connectivity index (χ4n) is 1.09. The summed E-state index contributed by atoms with van der Waals surface area (Å²) in [5.41, 5.74) is 7.92. The lowest BCUT2D eigenvalue weighted by Crippen LogP contribution is -2.21. The first kappa shape index (κ1) is 20.5. The summed E-state index contributed by atoms with van der Waals surface area (Å²) < 4.78 is 4.64. The van der Waals surface area contributed by atoms with Gasteiger partial charge in [0.2, 0.25) is 5.91 Å². The van der Waals surface area contributed by atoms with Crippen molar-refractivity contribution in [3.8, 4) is 12.8 Å². The van der Waals surface area contributed by atoms with Gasteiger partial charge in [0.25, 0.3) is 0 Å². The number of carbonyl (C=O) groups is 2. The lowest BCUT2D eigenvalue weighted by atomic mass is 10.2.